The van der Waals surface area contributed by atoms with Crippen LogP contribution in [0.2, 0.25) is 0 Å². The fourth-order valence-corrected chi connectivity index (χ4v) is 2.42. The van der Waals surface area contributed by atoms with Gasteiger partial charge in [-0.15, -0.1) is 0 Å². The molecule has 118 valence electrons. The van der Waals surface area contributed by atoms with Crippen LogP contribution in [0.4, 0.5) is 10.1 Å². The smallest absolute Gasteiger partial charge is 0.257 e. The van der Waals surface area contributed by atoms with Crippen LogP contribution in [0.1, 0.15) is 20.7 Å². The number of nitrogens with one attached hydrogen (secondary N) is 2. The molecule has 0 heterocycles. The van der Waals surface area contributed by atoms with Gasteiger partial charge in [0.1, 0.15) is 5.82 Å². The average Bonchev–Trinajstić information content (AvgIpc) is 2.49. The van der Waals surface area contributed by atoms with Crippen molar-refractivity contribution in [3.8, 4) is 0 Å². The molecule has 2 aromatic rings. The van der Waals surface area contributed by atoms with E-state index in [2.05, 4.69) is 10.6 Å². The highest BCUT2D eigenvalue weighted by Gasteiger charge is 2.10. The Morgan fingerprint density at radius 3 is 2.39 bits per heavy atom. The van der Waals surface area contributed by atoms with Crippen LogP contribution < -0.4 is 15.7 Å². The first kappa shape index (κ1) is 17.3. The van der Waals surface area contributed by atoms with Crippen LogP contribution in [0.3, 0.4) is 0 Å². The van der Waals surface area contributed by atoms with Gasteiger partial charge in [-0.05, 0) is 77.3 Å². The molecule has 0 aliphatic rings. The third-order valence-corrected chi connectivity index (χ3v) is 3.66. The molecule has 0 bridgehead atoms. The second-order valence-electron chi connectivity index (χ2n) is 4.39. The van der Waals surface area contributed by atoms with Crippen LogP contribution in [-0.4, -0.2) is 17.0 Å². The Balaban J connectivity index is 2.09. The molecule has 0 aliphatic carbocycles. The first-order chi connectivity index (χ1) is 10.9. The Morgan fingerprint density at radius 2 is 1.78 bits per heavy atom. The number of hydrogen-bond donors (Lipinski definition) is 2. The van der Waals surface area contributed by atoms with Gasteiger partial charge < -0.3 is 15.2 Å². The second-order valence-corrected chi connectivity index (χ2v) is 6.05. The zero-order valence-corrected chi connectivity index (χ0v) is 14.4. The van der Waals surface area contributed by atoms with Crippen LogP contribution in [0.5, 0.6) is 0 Å². The molecule has 5 nitrogen and oxygen atoms in total. The number of carbonyl (C=O) groups excluding carboxylic acids is 2. The average molecular weight is 443 g/mol. The predicted molar refractivity (Wildman–Crippen MR) is 93.6 cm³/mol. The van der Waals surface area contributed by atoms with Crippen LogP contribution >= 0.6 is 34.8 Å². The van der Waals surface area contributed by atoms with E-state index in [1.165, 1.54) is 24.3 Å². The van der Waals surface area contributed by atoms with E-state index in [1.54, 1.807) is 6.07 Å². The molecule has 8 heteroatoms. The summed E-state index contributed by atoms with van der Waals surface area (Å²) in [6.45, 7) is 0. The second kappa shape index (κ2) is 7.47. The minimum atomic E-state index is -1.36. The molecule has 0 aliphatic heterocycles. The number of thiocarbonyl (C=S) groups is 1. The maximum Gasteiger partial charge on any atom is 0.257 e. The summed E-state index contributed by atoms with van der Waals surface area (Å²) in [5.41, 5.74) is 0.350. The number of carboxylic acid groups (broad SMARTS) is 1. The monoisotopic (exact) mass is 443 g/mol. The van der Waals surface area contributed by atoms with Crippen LogP contribution in [0.15, 0.2) is 42.5 Å². The van der Waals surface area contributed by atoms with Gasteiger partial charge in [-0.25, -0.2) is 4.39 Å². The van der Waals surface area contributed by atoms with E-state index in [4.69, 9.17) is 12.2 Å². The molecule has 0 fully saturated rings. The lowest BCUT2D eigenvalue weighted by Gasteiger charge is -2.14. The lowest BCUT2D eigenvalue weighted by molar-refractivity contribution is -0.254. The Bertz CT molecular complexity index is 781. The summed E-state index contributed by atoms with van der Waals surface area (Å²) in [6, 6.07) is 9.54. The number of carbonyl (C=O) groups is 2. The molecule has 0 saturated heterocycles. The molecule has 23 heavy (non-hydrogen) atoms. The van der Waals surface area contributed by atoms with Gasteiger partial charge in [0.2, 0.25) is 0 Å². The highest BCUT2D eigenvalue weighted by molar-refractivity contribution is 14.1. The molecule has 0 radical (unpaired) electrons. The predicted octanol–water partition coefficient (Wildman–Crippen LogP) is 1.92. The molecule has 2 aromatic carbocycles. The SMILES string of the molecule is O=C(NC(=S)Nc1ccc(I)cc1C(=O)[O-])c1ccc(F)cc1. The van der Waals surface area contributed by atoms with Crippen molar-refractivity contribution in [2.24, 2.45) is 0 Å². The van der Waals surface area contributed by atoms with E-state index >= 15 is 0 Å². The number of aromatic carboxylic acids is 1. The van der Waals surface area contributed by atoms with Gasteiger partial charge in [0.25, 0.3) is 5.91 Å². The van der Waals surface area contributed by atoms with Gasteiger partial charge >= 0.3 is 0 Å². The van der Waals surface area contributed by atoms with E-state index in [9.17, 15) is 19.1 Å². The third-order valence-electron chi connectivity index (χ3n) is 2.78. The van der Waals surface area contributed by atoms with E-state index in [-0.39, 0.29) is 21.9 Å². The largest absolute Gasteiger partial charge is 0.545 e. The number of rotatable bonds is 3. The van der Waals surface area contributed by atoms with Gasteiger partial charge in [-0.2, -0.15) is 0 Å². The summed E-state index contributed by atoms with van der Waals surface area (Å²) in [6.07, 6.45) is 0. The Labute approximate surface area is 150 Å². The lowest BCUT2D eigenvalue weighted by Crippen LogP contribution is -2.35. The van der Waals surface area contributed by atoms with Crippen molar-refractivity contribution in [1.29, 1.82) is 0 Å². The fourth-order valence-electron chi connectivity index (χ4n) is 1.72. The molecule has 0 saturated carbocycles. The highest BCUT2D eigenvalue weighted by Crippen LogP contribution is 2.18. The van der Waals surface area contributed by atoms with Gasteiger partial charge in [0, 0.05) is 20.4 Å². The summed E-state index contributed by atoms with van der Waals surface area (Å²) in [5, 5.41) is 16.1. The Morgan fingerprint density at radius 1 is 1.13 bits per heavy atom. The number of hydrogen-bond acceptors (Lipinski definition) is 4. The van der Waals surface area contributed by atoms with E-state index in [0.717, 1.165) is 12.1 Å². The Kier molecular flexibility index (Phi) is 5.61. The topological polar surface area (TPSA) is 81.3 Å². The Hall–Kier alpha value is -2.07. The van der Waals surface area contributed by atoms with Gasteiger partial charge in [0.15, 0.2) is 5.11 Å². The van der Waals surface area contributed by atoms with Gasteiger partial charge in [-0.1, -0.05) is 0 Å². The van der Waals surface area contributed by atoms with E-state index in [0.29, 0.717) is 3.57 Å². The molecule has 0 atom stereocenters. The van der Waals surface area contributed by atoms with Crippen molar-refractivity contribution in [2.45, 2.75) is 0 Å². The number of anilines is 1. The van der Waals surface area contributed by atoms with Gasteiger partial charge in [0.05, 0.1) is 5.97 Å². The highest BCUT2D eigenvalue weighted by atomic mass is 127. The zero-order valence-electron chi connectivity index (χ0n) is 11.4. The summed E-state index contributed by atoms with van der Waals surface area (Å²) < 4.78 is 13.5. The minimum absolute atomic E-state index is 0.0738. The molecule has 2 N–H and O–H groups in total. The van der Waals surface area contributed by atoms with Crippen LogP contribution in [0, 0.1) is 9.39 Å². The summed E-state index contributed by atoms with van der Waals surface area (Å²) in [5.74, 6) is -2.36. The number of carboxylic acids is 1. The van der Waals surface area contributed by atoms with Crippen LogP contribution in [-0.2, 0) is 0 Å². The fraction of sp³-hybridized carbons (Fsp3) is 0. The van der Waals surface area contributed by atoms with Crippen molar-refractivity contribution in [1.82, 2.24) is 5.32 Å². The van der Waals surface area contributed by atoms with Crippen molar-refractivity contribution in [3.63, 3.8) is 0 Å². The van der Waals surface area contributed by atoms with Crippen molar-refractivity contribution < 1.29 is 19.1 Å². The number of benzene rings is 2. The summed E-state index contributed by atoms with van der Waals surface area (Å²) >= 11 is 6.95. The molecule has 0 spiro atoms. The van der Waals surface area contributed by atoms with Gasteiger partial charge in [-0.3, -0.25) is 10.1 Å². The molecule has 0 aromatic heterocycles. The van der Waals surface area contributed by atoms with Crippen molar-refractivity contribution in [2.75, 3.05) is 5.32 Å². The first-order valence-corrected chi connectivity index (χ1v) is 7.74. The normalized spacial score (nSPS) is 10.0. The van der Waals surface area contributed by atoms with E-state index in [1.807, 2.05) is 22.6 Å². The quantitative estimate of drug-likeness (QED) is 0.560. The van der Waals surface area contributed by atoms with Crippen molar-refractivity contribution >= 4 is 57.5 Å². The van der Waals surface area contributed by atoms with E-state index < -0.39 is 17.7 Å². The number of amides is 1. The minimum Gasteiger partial charge on any atom is -0.545 e. The standard InChI is InChI=1S/C15H10FIN2O3S/c16-9-3-1-8(2-4-9)13(20)19-15(23)18-12-6-5-10(17)7-11(12)14(21)22/h1-7H,(H,21,22)(H2,18,19,20,23)/p-1. The lowest BCUT2D eigenvalue weighted by atomic mass is 10.2. The number of halogens is 2. The maximum absolute atomic E-state index is 12.8. The molecule has 0 unspecified atom stereocenters. The zero-order chi connectivity index (χ0) is 17.0. The van der Waals surface area contributed by atoms with Crippen molar-refractivity contribution in [3.05, 3.63) is 63.0 Å². The molecular formula is C15H9FIN2O3S-. The molecule has 1 amide bonds. The molecule has 2 rings (SSSR count). The van der Waals surface area contributed by atoms with Crippen LogP contribution in [0.25, 0.3) is 0 Å². The molecular weight excluding hydrogens is 434 g/mol. The summed E-state index contributed by atoms with van der Waals surface area (Å²) in [4.78, 5) is 23.0. The summed E-state index contributed by atoms with van der Waals surface area (Å²) in [7, 11) is 0. The first-order valence-electron chi connectivity index (χ1n) is 6.25. The third kappa shape index (κ3) is 4.70. The maximum atomic E-state index is 12.8.